The van der Waals surface area contributed by atoms with Gasteiger partial charge in [0.1, 0.15) is 0 Å². The summed E-state index contributed by atoms with van der Waals surface area (Å²) in [7, 11) is 3.99. The van der Waals surface area contributed by atoms with Gasteiger partial charge in [0.2, 0.25) is 0 Å². The number of rotatable bonds is 3. The predicted octanol–water partition coefficient (Wildman–Crippen LogP) is 2.29. The molecule has 2 fully saturated rings. The normalized spacial score (nSPS) is 31.5. The largest absolute Gasteiger partial charge is 0.383 e. The van der Waals surface area contributed by atoms with Crippen molar-refractivity contribution in [2.75, 3.05) is 27.2 Å². The number of hydrogen-bond acceptors (Lipinski definition) is 3. The van der Waals surface area contributed by atoms with Gasteiger partial charge in [-0.15, -0.1) is 0 Å². The lowest BCUT2D eigenvalue weighted by molar-refractivity contribution is -0.119. The number of Topliss-reactive ketones (excluding diaryl/α,β-unsaturated/α-hetero) is 1. The maximum Gasteiger partial charge on any atom is 0.160 e. The minimum Gasteiger partial charge on any atom is -0.383 e. The number of nitrogens with zero attached hydrogens (tertiary/aromatic N) is 2. The second-order valence-electron chi connectivity index (χ2n) is 5.95. The molecule has 1 aliphatic carbocycles. The average molecular weight is 250 g/mol. The zero-order valence-electron chi connectivity index (χ0n) is 12.0. The Bertz CT molecular complexity index is 333. The summed E-state index contributed by atoms with van der Waals surface area (Å²) < 4.78 is 0. The quantitative estimate of drug-likeness (QED) is 0.718. The van der Waals surface area contributed by atoms with Crippen LogP contribution in [0.1, 0.15) is 39.0 Å². The van der Waals surface area contributed by atoms with Gasteiger partial charge in [0.15, 0.2) is 5.78 Å². The maximum absolute atomic E-state index is 12.1. The Morgan fingerprint density at radius 2 is 2.17 bits per heavy atom. The van der Waals surface area contributed by atoms with E-state index < -0.39 is 0 Å². The van der Waals surface area contributed by atoms with Gasteiger partial charge in [-0.2, -0.15) is 0 Å². The van der Waals surface area contributed by atoms with Crippen LogP contribution in [0.3, 0.4) is 0 Å². The van der Waals surface area contributed by atoms with Gasteiger partial charge in [-0.3, -0.25) is 9.69 Å². The van der Waals surface area contributed by atoms with Crippen LogP contribution >= 0.6 is 0 Å². The van der Waals surface area contributed by atoms with Crippen molar-refractivity contribution in [2.24, 2.45) is 5.92 Å². The molecule has 2 atom stereocenters. The number of fused-ring (bicyclic) bond motifs is 1. The molecule has 18 heavy (non-hydrogen) atoms. The van der Waals surface area contributed by atoms with E-state index in [9.17, 15) is 4.79 Å². The van der Waals surface area contributed by atoms with Crippen LogP contribution in [-0.4, -0.2) is 48.8 Å². The van der Waals surface area contributed by atoms with Crippen LogP contribution in [0.2, 0.25) is 0 Å². The van der Waals surface area contributed by atoms with Gasteiger partial charge in [-0.25, -0.2) is 0 Å². The van der Waals surface area contributed by atoms with Crippen LogP contribution in [0.15, 0.2) is 11.8 Å². The third kappa shape index (κ3) is 2.94. The lowest BCUT2D eigenvalue weighted by atomic mass is 9.75. The maximum atomic E-state index is 12.1. The Hall–Kier alpha value is -0.830. The van der Waals surface area contributed by atoms with E-state index in [0.717, 1.165) is 18.4 Å². The molecule has 0 bridgehead atoms. The molecule has 0 radical (unpaired) electrons. The molecule has 1 saturated carbocycles. The van der Waals surface area contributed by atoms with Crippen molar-refractivity contribution in [2.45, 2.75) is 45.1 Å². The second kappa shape index (κ2) is 5.87. The Morgan fingerprint density at radius 1 is 1.39 bits per heavy atom. The molecule has 2 aliphatic rings. The van der Waals surface area contributed by atoms with E-state index in [0.29, 0.717) is 17.7 Å². The van der Waals surface area contributed by atoms with Crippen molar-refractivity contribution >= 4 is 5.78 Å². The molecule has 0 amide bonds. The van der Waals surface area contributed by atoms with Gasteiger partial charge in [0.05, 0.1) is 0 Å². The van der Waals surface area contributed by atoms with Crippen molar-refractivity contribution in [1.29, 1.82) is 0 Å². The molecule has 102 valence electrons. The van der Waals surface area contributed by atoms with E-state index in [1.165, 1.54) is 32.4 Å². The Kier molecular flexibility index (Phi) is 4.44. The van der Waals surface area contributed by atoms with E-state index in [4.69, 9.17) is 0 Å². The molecular weight excluding hydrogens is 224 g/mol. The minimum absolute atomic E-state index is 0.378. The molecule has 0 aromatic heterocycles. The zero-order valence-corrected chi connectivity index (χ0v) is 12.0. The Morgan fingerprint density at radius 3 is 2.83 bits per heavy atom. The molecule has 0 N–H and O–H groups in total. The molecule has 1 aliphatic heterocycles. The predicted molar refractivity (Wildman–Crippen MR) is 74.4 cm³/mol. The molecular formula is C15H26N2O. The molecule has 1 saturated heterocycles. The van der Waals surface area contributed by atoms with Crippen LogP contribution in [0.4, 0.5) is 0 Å². The summed E-state index contributed by atoms with van der Waals surface area (Å²) in [5.74, 6) is 0.986. The number of carbonyl (C=O) groups is 1. The third-order valence-corrected chi connectivity index (χ3v) is 4.19. The first-order valence-corrected chi connectivity index (χ1v) is 7.26. The number of likely N-dealkylation sites (tertiary alicyclic amines) is 1. The lowest BCUT2D eigenvalue weighted by Gasteiger charge is -2.44. The highest BCUT2D eigenvalue weighted by molar-refractivity contribution is 5.96. The topological polar surface area (TPSA) is 23.6 Å². The van der Waals surface area contributed by atoms with E-state index >= 15 is 0 Å². The van der Waals surface area contributed by atoms with Gasteiger partial charge in [0.25, 0.3) is 0 Å². The number of carbonyl (C=O) groups excluding carboxylic acids is 1. The highest BCUT2D eigenvalue weighted by Crippen LogP contribution is 2.36. The molecule has 0 aromatic carbocycles. The molecule has 0 unspecified atom stereocenters. The van der Waals surface area contributed by atoms with Crippen LogP contribution in [-0.2, 0) is 4.79 Å². The van der Waals surface area contributed by atoms with Crippen molar-refractivity contribution in [3.05, 3.63) is 11.8 Å². The zero-order chi connectivity index (χ0) is 13.1. The van der Waals surface area contributed by atoms with Crippen LogP contribution < -0.4 is 0 Å². The first-order valence-electron chi connectivity index (χ1n) is 7.26. The van der Waals surface area contributed by atoms with Gasteiger partial charge < -0.3 is 4.90 Å². The highest BCUT2D eigenvalue weighted by atomic mass is 16.1. The summed E-state index contributed by atoms with van der Waals surface area (Å²) in [5, 5.41) is 0. The van der Waals surface area contributed by atoms with Crippen molar-refractivity contribution in [1.82, 2.24) is 9.80 Å². The molecule has 1 heterocycles. The van der Waals surface area contributed by atoms with Gasteiger partial charge in [-0.1, -0.05) is 6.92 Å². The fourth-order valence-corrected chi connectivity index (χ4v) is 3.46. The van der Waals surface area contributed by atoms with Crippen LogP contribution in [0, 0.1) is 5.92 Å². The summed E-state index contributed by atoms with van der Waals surface area (Å²) in [6.45, 7) is 4.65. The number of hydrogen-bond donors (Lipinski definition) is 0. The van der Waals surface area contributed by atoms with E-state index in [-0.39, 0.29) is 0 Å². The van der Waals surface area contributed by atoms with Crippen molar-refractivity contribution < 1.29 is 4.79 Å². The first-order chi connectivity index (χ1) is 8.61. The minimum atomic E-state index is 0.378. The Balaban J connectivity index is 2.12. The number of ketones is 1. The third-order valence-electron chi connectivity index (χ3n) is 4.19. The standard InChI is InChI=1S/C15H26N2O/c1-4-7-17-8-5-6-12-10-15(18)13(9-14(12)17)11-16(2)3/h11-12,14H,4-10H2,1-3H3/b13-11+/t12-,14-/m0/s1. The van der Waals surface area contributed by atoms with E-state index in [1.54, 1.807) is 0 Å². The van der Waals surface area contributed by atoms with Gasteiger partial charge >= 0.3 is 0 Å². The summed E-state index contributed by atoms with van der Waals surface area (Å²) in [4.78, 5) is 16.8. The molecule has 2 rings (SSSR count). The first kappa shape index (κ1) is 13.6. The molecule has 3 heteroatoms. The lowest BCUT2D eigenvalue weighted by Crippen LogP contribution is -2.49. The fraction of sp³-hybridized carbons (Fsp3) is 0.800. The van der Waals surface area contributed by atoms with Crippen LogP contribution in [0.5, 0.6) is 0 Å². The molecule has 3 nitrogen and oxygen atoms in total. The smallest absolute Gasteiger partial charge is 0.160 e. The number of piperidine rings is 1. The molecule has 0 spiro atoms. The monoisotopic (exact) mass is 250 g/mol. The summed E-state index contributed by atoms with van der Waals surface area (Å²) in [6.07, 6.45) is 7.47. The van der Waals surface area contributed by atoms with Gasteiger partial charge in [-0.05, 0) is 44.7 Å². The second-order valence-corrected chi connectivity index (χ2v) is 5.95. The van der Waals surface area contributed by atoms with Crippen molar-refractivity contribution in [3.8, 4) is 0 Å². The average Bonchev–Trinajstić information content (AvgIpc) is 2.31. The van der Waals surface area contributed by atoms with Crippen molar-refractivity contribution in [3.63, 3.8) is 0 Å². The summed E-state index contributed by atoms with van der Waals surface area (Å²) >= 11 is 0. The summed E-state index contributed by atoms with van der Waals surface area (Å²) in [5.41, 5.74) is 1.03. The Labute approximate surface area is 111 Å². The fourth-order valence-electron chi connectivity index (χ4n) is 3.46. The van der Waals surface area contributed by atoms with Crippen LogP contribution in [0.25, 0.3) is 0 Å². The highest BCUT2D eigenvalue weighted by Gasteiger charge is 2.37. The summed E-state index contributed by atoms with van der Waals surface area (Å²) in [6, 6.07) is 0.614. The van der Waals surface area contributed by atoms with E-state index in [1.807, 2.05) is 25.2 Å². The SMILES string of the molecule is CCCN1CCC[C@H]2CC(=O)/C(=C/N(C)C)C[C@@H]21. The van der Waals surface area contributed by atoms with Gasteiger partial charge in [0, 0.05) is 38.3 Å². The van der Waals surface area contributed by atoms with E-state index in [2.05, 4.69) is 11.8 Å². The molecule has 0 aromatic rings.